The number of sulfonamides is 1. The van der Waals surface area contributed by atoms with Gasteiger partial charge in [-0.1, -0.05) is 33.3 Å². The highest BCUT2D eigenvalue weighted by Gasteiger charge is 2.24. The molecule has 0 saturated carbocycles. The Balaban J connectivity index is 1.73. The number of pyridine rings is 1. The molecule has 0 unspecified atom stereocenters. The Morgan fingerprint density at radius 2 is 1.81 bits per heavy atom. The SMILES string of the molecule is CN(C)S(=O)(=O)c1ccc(C(=O)N(Cc2ccccn2)c2nc3ccc(Br)cc3s2)cc1. The fraction of sp³-hybridized carbons (Fsp3) is 0.136. The van der Waals surface area contributed by atoms with Crippen LogP contribution in [0.15, 0.2) is 76.2 Å². The van der Waals surface area contributed by atoms with Crippen LogP contribution in [0.3, 0.4) is 0 Å². The molecule has 2 aromatic heterocycles. The highest BCUT2D eigenvalue weighted by molar-refractivity contribution is 9.10. The maximum Gasteiger partial charge on any atom is 0.260 e. The molecule has 0 aliphatic carbocycles. The molecule has 2 aromatic carbocycles. The quantitative estimate of drug-likeness (QED) is 0.365. The molecule has 0 bridgehead atoms. The van der Waals surface area contributed by atoms with Gasteiger partial charge in [-0.05, 0) is 54.6 Å². The molecule has 2 heterocycles. The van der Waals surface area contributed by atoms with Crippen molar-refractivity contribution >= 4 is 58.5 Å². The Kier molecular flexibility index (Phi) is 6.38. The topological polar surface area (TPSA) is 83.5 Å². The van der Waals surface area contributed by atoms with Gasteiger partial charge in [-0.15, -0.1) is 0 Å². The zero-order chi connectivity index (χ0) is 22.9. The molecule has 0 radical (unpaired) electrons. The van der Waals surface area contributed by atoms with E-state index in [1.807, 2.05) is 36.4 Å². The molecule has 4 aromatic rings. The first-order chi connectivity index (χ1) is 15.3. The standard InChI is InChI=1S/C22H19BrN4O3S2/c1-26(2)32(29,30)18-9-6-15(7-10-18)21(28)27(14-17-5-3-4-12-24-17)22-25-19-11-8-16(23)13-20(19)31-22/h3-13H,14H2,1-2H3. The Morgan fingerprint density at radius 1 is 1.06 bits per heavy atom. The molecule has 0 aliphatic rings. The van der Waals surface area contributed by atoms with Gasteiger partial charge in [0, 0.05) is 30.3 Å². The number of aromatic nitrogens is 2. The third-order valence-corrected chi connectivity index (χ3v) is 8.11. The highest BCUT2D eigenvalue weighted by Crippen LogP contribution is 2.32. The van der Waals surface area contributed by atoms with E-state index in [1.54, 1.807) is 11.1 Å². The van der Waals surface area contributed by atoms with E-state index >= 15 is 0 Å². The monoisotopic (exact) mass is 530 g/mol. The lowest BCUT2D eigenvalue weighted by atomic mass is 10.2. The van der Waals surface area contributed by atoms with Crippen LogP contribution in [0.5, 0.6) is 0 Å². The van der Waals surface area contributed by atoms with E-state index in [-0.39, 0.29) is 17.3 Å². The largest absolute Gasteiger partial charge is 0.278 e. The van der Waals surface area contributed by atoms with Gasteiger partial charge in [0.25, 0.3) is 5.91 Å². The zero-order valence-electron chi connectivity index (χ0n) is 17.3. The van der Waals surface area contributed by atoms with Gasteiger partial charge in [0.05, 0.1) is 27.4 Å². The van der Waals surface area contributed by atoms with E-state index in [4.69, 9.17) is 0 Å². The predicted octanol–water partition coefficient (Wildman–Crippen LogP) is 4.55. The van der Waals surface area contributed by atoms with Crippen LogP contribution in [0.1, 0.15) is 16.1 Å². The number of fused-ring (bicyclic) bond motifs is 1. The Morgan fingerprint density at radius 3 is 2.47 bits per heavy atom. The maximum atomic E-state index is 13.5. The number of carbonyl (C=O) groups is 1. The first-order valence-electron chi connectivity index (χ1n) is 9.56. The number of halogens is 1. The molecule has 0 fully saturated rings. The molecule has 0 aliphatic heterocycles. The molecule has 4 rings (SSSR count). The lowest BCUT2D eigenvalue weighted by Gasteiger charge is -2.20. The van der Waals surface area contributed by atoms with Gasteiger partial charge in [-0.3, -0.25) is 14.7 Å². The van der Waals surface area contributed by atoms with Crippen molar-refractivity contribution in [3.8, 4) is 0 Å². The first kappa shape index (κ1) is 22.5. The second-order valence-corrected chi connectivity index (χ2v) is 11.2. The van der Waals surface area contributed by atoms with Gasteiger partial charge in [-0.2, -0.15) is 0 Å². The molecule has 0 saturated heterocycles. The van der Waals surface area contributed by atoms with Crippen LogP contribution < -0.4 is 4.90 Å². The summed E-state index contributed by atoms with van der Waals surface area (Å²) in [5, 5.41) is 0.541. The molecule has 0 atom stereocenters. The molecule has 1 amide bonds. The van der Waals surface area contributed by atoms with E-state index in [0.717, 1.165) is 19.0 Å². The number of carbonyl (C=O) groups excluding carboxylic acids is 1. The summed E-state index contributed by atoms with van der Waals surface area (Å²) in [6, 6.07) is 17.2. The van der Waals surface area contributed by atoms with E-state index < -0.39 is 10.0 Å². The van der Waals surface area contributed by atoms with Crippen molar-refractivity contribution in [2.24, 2.45) is 0 Å². The van der Waals surface area contributed by atoms with Crippen molar-refractivity contribution in [1.29, 1.82) is 0 Å². The first-order valence-corrected chi connectivity index (χ1v) is 12.6. The van der Waals surface area contributed by atoms with E-state index in [0.29, 0.717) is 16.4 Å². The van der Waals surface area contributed by atoms with E-state index in [2.05, 4.69) is 25.9 Å². The van der Waals surface area contributed by atoms with Gasteiger partial charge >= 0.3 is 0 Å². The van der Waals surface area contributed by atoms with Gasteiger partial charge in [0.1, 0.15) is 0 Å². The summed E-state index contributed by atoms with van der Waals surface area (Å²) >= 11 is 4.87. The van der Waals surface area contributed by atoms with Crippen molar-refractivity contribution in [2.75, 3.05) is 19.0 Å². The second kappa shape index (κ2) is 9.07. The summed E-state index contributed by atoms with van der Waals surface area (Å²) in [5.41, 5.74) is 1.87. The lowest BCUT2D eigenvalue weighted by Crippen LogP contribution is -2.30. The predicted molar refractivity (Wildman–Crippen MR) is 129 cm³/mol. The van der Waals surface area contributed by atoms with Crippen molar-refractivity contribution in [3.05, 3.63) is 82.6 Å². The lowest BCUT2D eigenvalue weighted by molar-refractivity contribution is 0.0984. The minimum Gasteiger partial charge on any atom is -0.278 e. The summed E-state index contributed by atoms with van der Waals surface area (Å²) in [4.78, 5) is 24.2. The molecule has 0 spiro atoms. The van der Waals surface area contributed by atoms with Gasteiger partial charge in [0.15, 0.2) is 5.13 Å². The third-order valence-electron chi connectivity index (χ3n) is 4.74. The van der Waals surface area contributed by atoms with Gasteiger partial charge < -0.3 is 0 Å². The molecule has 32 heavy (non-hydrogen) atoms. The molecule has 164 valence electrons. The summed E-state index contributed by atoms with van der Waals surface area (Å²) in [6.45, 7) is 0.235. The van der Waals surface area contributed by atoms with Crippen molar-refractivity contribution in [1.82, 2.24) is 14.3 Å². The Hall–Kier alpha value is -2.66. The van der Waals surface area contributed by atoms with E-state index in [9.17, 15) is 13.2 Å². The average molecular weight is 531 g/mol. The minimum absolute atomic E-state index is 0.125. The zero-order valence-corrected chi connectivity index (χ0v) is 20.5. The minimum atomic E-state index is -3.58. The Labute approximate surface area is 198 Å². The number of thiazole rings is 1. The molecule has 7 nitrogen and oxygen atoms in total. The fourth-order valence-electron chi connectivity index (χ4n) is 3.02. The third kappa shape index (κ3) is 4.58. The number of hydrogen-bond donors (Lipinski definition) is 0. The summed E-state index contributed by atoms with van der Waals surface area (Å²) < 4.78 is 27.7. The van der Waals surface area contributed by atoms with Crippen LogP contribution in [-0.4, -0.2) is 42.7 Å². The number of benzene rings is 2. The van der Waals surface area contributed by atoms with E-state index in [1.165, 1.54) is 49.7 Å². The fourth-order valence-corrected chi connectivity index (χ4v) is 5.43. The highest BCUT2D eigenvalue weighted by atomic mass is 79.9. The van der Waals surface area contributed by atoms with Crippen LogP contribution in [0, 0.1) is 0 Å². The number of anilines is 1. The molecular weight excluding hydrogens is 512 g/mol. The van der Waals surface area contributed by atoms with Crippen molar-refractivity contribution in [3.63, 3.8) is 0 Å². The number of amides is 1. The summed E-state index contributed by atoms with van der Waals surface area (Å²) in [5.74, 6) is -0.289. The molecular formula is C22H19BrN4O3S2. The number of nitrogens with zero attached hydrogens (tertiary/aromatic N) is 4. The average Bonchev–Trinajstić information content (AvgIpc) is 3.20. The second-order valence-electron chi connectivity index (χ2n) is 7.13. The molecule has 10 heteroatoms. The van der Waals surface area contributed by atoms with Crippen LogP contribution in [0.25, 0.3) is 10.2 Å². The van der Waals surface area contributed by atoms with Crippen LogP contribution >= 0.6 is 27.3 Å². The van der Waals surface area contributed by atoms with Crippen LogP contribution in [0.4, 0.5) is 5.13 Å². The number of rotatable bonds is 6. The normalized spacial score (nSPS) is 11.8. The van der Waals surface area contributed by atoms with Crippen molar-refractivity contribution < 1.29 is 13.2 Å². The number of hydrogen-bond acceptors (Lipinski definition) is 6. The summed E-state index contributed by atoms with van der Waals surface area (Å²) in [6.07, 6.45) is 1.67. The molecule has 0 N–H and O–H groups in total. The maximum absolute atomic E-state index is 13.5. The van der Waals surface area contributed by atoms with Gasteiger partial charge in [-0.25, -0.2) is 17.7 Å². The smallest absolute Gasteiger partial charge is 0.260 e. The summed E-state index contributed by atoms with van der Waals surface area (Å²) in [7, 11) is -0.645. The van der Waals surface area contributed by atoms with Gasteiger partial charge in [0.2, 0.25) is 10.0 Å². The Bertz CT molecular complexity index is 1370. The van der Waals surface area contributed by atoms with Crippen molar-refractivity contribution in [2.45, 2.75) is 11.4 Å². The van der Waals surface area contributed by atoms with Crippen LogP contribution in [0.2, 0.25) is 0 Å². The van der Waals surface area contributed by atoms with Crippen LogP contribution in [-0.2, 0) is 16.6 Å².